The van der Waals surface area contributed by atoms with Crippen LogP contribution in [0.4, 0.5) is 0 Å². The number of hydrogen-bond donors (Lipinski definition) is 1. The molecule has 5 heteroatoms. The molecular formula is C12H20IN3O. The molecule has 1 aromatic heterocycles. The third-order valence-corrected chi connectivity index (χ3v) is 3.33. The van der Waals surface area contributed by atoms with E-state index in [-0.39, 0.29) is 5.91 Å². The Bertz CT molecular complexity index is 363. The molecule has 96 valence electrons. The van der Waals surface area contributed by atoms with Crippen molar-refractivity contribution in [1.82, 2.24) is 15.1 Å². The van der Waals surface area contributed by atoms with E-state index in [0.717, 1.165) is 42.5 Å². The van der Waals surface area contributed by atoms with Gasteiger partial charge < -0.3 is 5.32 Å². The van der Waals surface area contributed by atoms with Gasteiger partial charge in [0.15, 0.2) is 0 Å². The highest BCUT2D eigenvalue weighted by Crippen LogP contribution is 2.05. The SMILES string of the molecule is CCc1cc(C(=O)NCCCCI)n(CC)n1. The van der Waals surface area contributed by atoms with Crippen LogP contribution in [-0.2, 0) is 13.0 Å². The van der Waals surface area contributed by atoms with Crippen molar-refractivity contribution in [3.8, 4) is 0 Å². The lowest BCUT2D eigenvalue weighted by molar-refractivity contribution is 0.0942. The maximum atomic E-state index is 11.9. The van der Waals surface area contributed by atoms with Gasteiger partial charge in [-0.05, 0) is 36.7 Å². The zero-order valence-corrected chi connectivity index (χ0v) is 12.7. The summed E-state index contributed by atoms with van der Waals surface area (Å²) in [5.41, 5.74) is 1.66. The molecule has 1 aromatic rings. The van der Waals surface area contributed by atoms with E-state index in [2.05, 4.69) is 33.0 Å². The van der Waals surface area contributed by atoms with Gasteiger partial charge in [-0.1, -0.05) is 29.5 Å². The molecule has 0 saturated carbocycles. The van der Waals surface area contributed by atoms with E-state index >= 15 is 0 Å². The number of carbonyl (C=O) groups excluding carboxylic acids is 1. The van der Waals surface area contributed by atoms with Crippen LogP contribution in [0.25, 0.3) is 0 Å². The standard InChI is InChI=1S/C12H20IN3O/c1-3-10-9-11(16(4-2)15-10)12(17)14-8-6-5-7-13/h9H,3-8H2,1-2H3,(H,14,17). The van der Waals surface area contributed by atoms with Gasteiger partial charge in [-0.2, -0.15) is 5.10 Å². The Balaban J connectivity index is 2.58. The molecule has 17 heavy (non-hydrogen) atoms. The summed E-state index contributed by atoms with van der Waals surface area (Å²) in [6, 6.07) is 1.89. The van der Waals surface area contributed by atoms with Crippen LogP contribution >= 0.6 is 22.6 Å². The van der Waals surface area contributed by atoms with Crippen molar-refractivity contribution in [2.45, 2.75) is 39.7 Å². The number of alkyl halides is 1. The van der Waals surface area contributed by atoms with Gasteiger partial charge >= 0.3 is 0 Å². The van der Waals surface area contributed by atoms with Crippen molar-refractivity contribution in [3.05, 3.63) is 17.5 Å². The first-order valence-electron chi connectivity index (χ1n) is 6.13. The first-order valence-corrected chi connectivity index (χ1v) is 7.66. The molecule has 0 bridgehead atoms. The highest BCUT2D eigenvalue weighted by Gasteiger charge is 2.12. The number of rotatable bonds is 7. The molecular weight excluding hydrogens is 329 g/mol. The molecule has 0 saturated heterocycles. The van der Waals surface area contributed by atoms with E-state index < -0.39 is 0 Å². The van der Waals surface area contributed by atoms with Crippen molar-refractivity contribution in [3.63, 3.8) is 0 Å². The lowest BCUT2D eigenvalue weighted by atomic mass is 10.3. The van der Waals surface area contributed by atoms with Crippen LogP contribution < -0.4 is 5.32 Å². The number of nitrogens with one attached hydrogen (secondary N) is 1. The van der Waals surface area contributed by atoms with Gasteiger partial charge in [0, 0.05) is 13.1 Å². The second kappa shape index (κ2) is 7.68. The van der Waals surface area contributed by atoms with Crippen LogP contribution in [-0.4, -0.2) is 26.7 Å². The summed E-state index contributed by atoms with van der Waals surface area (Å²) in [6.45, 7) is 5.53. The monoisotopic (exact) mass is 349 g/mol. The smallest absolute Gasteiger partial charge is 0.269 e. The highest BCUT2D eigenvalue weighted by molar-refractivity contribution is 14.1. The number of aromatic nitrogens is 2. The first-order chi connectivity index (χ1) is 8.22. The number of halogens is 1. The molecule has 0 aliphatic carbocycles. The van der Waals surface area contributed by atoms with Gasteiger partial charge in [0.05, 0.1) is 5.69 Å². The number of amides is 1. The van der Waals surface area contributed by atoms with E-state index in [1.54, 1.807) is 4.68 Å². The predicted molar refractivity (Wildman–Crippen MR) is 77.7 cm³/mol. The fourth-order valence-electron chi connectivity index (χ4n) is 1.58. The number of unbranched alkanes of at least 4 members (excludes halogenated alkanes) is 1. The average molecular weight is 349 g/mol. The predicted octanol–water partition coefficient (Wildman–Crippen LogP) is 2.41. The Kier molecular flexibility index (Phi) is 6.54. The topological polar surface area (TPSA) is 46.9 Å². The van der Waals surface area contributed by atoms with Crippen LogP contribution in [0.3, 0.4) is 0 Å². The van der Waals surface area contributed by atoms with Gasteiger partial charge in [-0.25, -0.2) is 0 Å². The lowest BCUT2D eigenvalue weighted by Crippen LogP contribution is -2.27. The van der Waals surface area contributed by atoms with E-state index in [1.165, 1.54) is 0 Å². The second-order valence-electron chi connectivity index (χ2n) is 3.84. The summed E-state index contributed by atoms with van der Waals surface area (Å²) in [5, 5.41) is 7.31. The second-order valence-corrected chi connectivity index (χ2v) is 4.92. The molecule has 0 aliphatic heterocycles. The van der Waals surface area contributed by atoms with Crippen molar-refractivity contribution in [1.29, 1.82) is 0 Å². The summed E-state index contributed by atoms with van der Waals surface area (Å²) < 4.78 is 2.91. The Hall–Kier alpha value is -0.590. The van der Waals surface area contributed by atoms with Gasteiger partial charge in [0.1, 0.15) is 5.69 Å². The zero-order valence-electron chi connectivity index (χ0n) is 10.5. The maximum absolute atomic E-state index is 11.9. The number of carbonyl (C=O) groups is 1. The Morgan fingerprint density at radius 2 is 2.24 bits per heavy atom. The molecule has 1 rings (SSSR count). The molecule has 1 heterocycles. The van der Waals surface area contributed by atoms with Gasteiger partial charge in [-0.15, -0.1) is 0 Å². The Labute approximate surface area is 116 Å². The molecule has 0 aromatic carbocycles. The minimum atomic E-state index is -0.00694. The molecule has 1 N–H and O–H groups in total. The third-order valence-electron chi connectivity index (χ3n) is 2.57. The minimum absolute atomic E-state index is 0.00694. The van der Waals surface area contributed by atoms with Crippen LogP contribution in [0.2, 0.25) is 0 Å². The summed E-state index contributed by atoms with van der Waals surface area (Å²) >= 11 is 2.35. The quantitative estimate of drug-likeness (QED) is 0.467. The fraction of sp³-hybridized carbons (Fsp3) is 0.667. The highest BCUT2D eigenvalue weighted by atomic mass is 127. The normalized spacial score (nSPS) is 10.5. The van der Waals surface area contributed by atoms with Crippen molar-refractivity contribution >= 4 is 28.5 Å². The molecule has 0 spiro atoms. The number of nitrogens with zero attached hydrogens (tertiary/aromatic N) is 2. The summed E-state index contributed by atoms with van der Waals surface area (Å²) in [6.07, 6.45) is 3.05. The van der Waals surface area contributed by atoms with E-state index in [9.17, 15) is 4.79 Å². The minimum Gasteiger partial charge on any atom is -0.351 e. The zero-order chi connectivity index (χ0) is 12.7. The van der Waals surface area contributed by atoms with Crippen LogP contribution in [0, 0.1) is 0 Å². The summed E-state index contributed by atoms with van der Waals surface area (Å²) in [5.74, 6) is -0.00694. The van der Waals surface area contributed by atoms with E-state index in [1.807, 2.05) is 19.9 Å². The van der Waals surface area contributed by atoms with E-state index in [0.29, 0.717) is 5.69 Å². The lowest BCUT2D eigenvalue weighted by Gasteiger charge is -2.05. The van der Waals surface area contributed by atoms with Crippen molar-refractivity contribution in [2.24, 2.45) is 0 Å². The van der Waals surface area contributed by atoms with E-state index in [4.69, 9.17) is 0 Å². The molecule has 0 atom stereocenters. The van der Waals surface area contributed by atoms with Crippen LogP contribution in [0.5, 0.6) is 0 Å². The Morgan fingerprint density at radius 1 is 1.47 bits per heavy atom. The number of hydrogen-bond acceptors (Lipinski definition) is 2. The molecule has 1 amide bonds. The molecule has 0 radical (unpaired) electrons. The summed E-state index contributed by atoms with van der Waals surface area (Å²) in [7, 11) is 0. The van der Waals surface area contributed by atoms with Crippen molar-refractivity contribution < 1.29 is 4.79 Å². The van der Waals surface area contributed by atoms with Gasteiger partial charge in [-0.3, -0.25) is 9.48 Å². The molecule has 0 fully saturated rings. The van der Waals surface area contributed by atoms with Gasteiger partial charge in [0.25, 0.3) is 5.91 Å². The van der Waals surface area contributed by atoms with Crippen LogP contribution in [0.15, 0.2) is 6.07 Å². The maximum Gasteiger partial charge on any atom is 0.269 e. The fourth-order valence-corrected chi connectivity index (χ4v) is 2.12. The first kappa shape index (κ1) is 14.5. The largest absolute Gasteiger partial charge is 0.351 e. The van der Waals surface area contributed by atoms with Crippen molar-refractivity contribution in [2.75, 3.05) is 11.0 Å². The average Bonchev–Trinajstić information content (AvgIpc) is 2.77. The molecule has 0 aliphatic rings. The Morgan fingerprint density at radius 3 is 2.82 bits per heavy atom. The number of aryl methyl sites for hydroxylation is 2. The molecule has 0 unspecified atom stereocenters. The summed E-state index contributed by atoms with van der Waals surface area (Å²) in [4.78, 5) is 11.9. The molecule has 4 nitrogen and oxygen atoms in total. The van der Waals surface area contributed by atoms with Gasteiger partial charge in [0.2, 0.25) is 0 Å². The van der Waals surface area contributed by atoms with Crippen LogP contribution in [0.1, 0.15) is 42.9 Å². The third kappa shape index (κ3) is 4.29.